The number of carbonyl (C=O) groups excluding carboxylic acids is 1. The topological polar surface area (TPSA) is 77.9 Å². The average Bonchev–Trinajstić information content (AvgIpc) is 2.45. The quantitative estimate of drug-likeness (QED) is 0.819. The van der Waals surface area contributed by atoms with E-state index in [4.69, 9.17) is 11.4 Å². The summed E-state index contributed by atoms with van der Waals surface area (Å²) in [6.07, 6.45) is -0.210. The van der Waals surface area contributed by atoms with Crippen molar-refractivity contribution in [2.45, 2.75) is 39.9 Å². The van der Waals surface area contributed by atoms with Gasteiger partial charge in [-0.3, -0.25) is 0 Å². The number of carbonyl (C=O) groups is 1. The molecule has 0 bridgehead atoms. The van der Waals surface area contributed by atoms with Crippen LogP contribution in [-0.4, -0.2) is 43.4 Å². The first-order chi connectivity index (χ1) is 10.9. The standard InChI is InChI=1S/C10H7NO3.2C3H7O.Al/c12-8-3-1-2-6-4-5-7(10(13)14)11-9(6)8;2*1-3(2)4;/h1-5,12H,(H,13,14);2*3H,1-2H3;/q;2*-1;+3/p-1. The summed E-state index contributed by atoms with van der Waals surface area (Å²) in [5.74, 6) is -0.601. The molecule has 0 aliphatic heterocycles. The predicted molar refractivity (Wildman–Crippen MR) is 87.0 cm³/mol. The van der Waals surface area contributed by atoms with E-state index in [-0.39, 0.29) is 23.7 Å². The Morgan fingerprint density at radius 3 is 2.35 bits per heavy atom. The van der Waals surface area contributed by atoms with E-state index >= 15 is 0 Å². The number of nitrogens with zero attached hydrogens (tertiary/aromatic N) is 1. The summed E-state index contributed by atoms with van der Waals surface area (Å²) < 4.78 is 16.5. The molecule has 0 fully saturated rings. The van der Waals surface area contributed by atoms with Crippen LogP contribution in [0.1, 0.15) is 38.2 Å². The highest BCUT2D eigenvalue weighted by molar-refractivity contribution is 6.40. The lowest BCUT2D eigenvalue weighted by Gasteiger charge is -2.17. The molecule has 0 aliphatic rings. The van der Waals surface area contributed by atoms with Crippen LogP contribution in [0.4, 0.5) is 0 Å². The van der Waals surface area contributed by atoms with E-state index in [2.05, 4.69) is 4.98 Å². The summed E-state index contributed by atoms with van der Waals surface area (Å²) in [7, 11) is 0. The average molecular weight is 333 g/mol. The van der Waals surface area contributed by atoms with E-state index in [1.807, 2.05) is 27.7 Å². The maximum absolute atomic E-state index is 12.3. The zero-order chi connectivity index (χ0) is 17.0. The summed E-state index contributed by atoms with van der Waals surface area (Å²) in [6, 6.07) is 8.31. The first-order valence-electron chi connectivity index (χ1n) is 7.47. The van der Waals surface area contributed by atoms with E-state index in [9.17, 15) is 9.90 Å². The fraction of sp³-hybridized carbons (Fsp3) is 0.375. The third-order valence-corrected chi connectivity index (χ3v) is 4.82. The van der Waals surface area contributed by atoms with Gasteiger partial charge in [0.1, 0.15) is 17.0 Å². The molecule has 0 unspecified atom stereocenters. The number of phenolic OH excluding ortho intramolecular Hbond substituents is 1. The van der Waals surface area contributed by atoms with Crippen molar-refractivity contribution in [1.29, 1.82) is 0 Å². The maximum Gasteiger partial charge on any atom is 1.00 e. The molecule has 0 radical (unpaired) electrons. The molecule has 2 aromatic rings. The molecule has 7 heteroatoms. The Hall–Kier alpha value is -1.65. The van der Waals surface area contributed by atoms with Crippen molar-refractivity contribution in [2.24, 2.45) is 0 Å². The zero-order valence-electron chi connectivity index (χ0n) is 13.6. The SMILES string of the molecule is CC(C)[O][Al]([O]C(=O)c1ccc2cccc(O)c2n1)[O]C(C)C. The fourth-order valence-corrected chi connectivity index (χ4v) is 3.28. The lowest BCUT2D eigenvalue weighted by atomic mass is 10.2. The molecule has 23 heavy (non-hydrogen) atoms. The van der Waals surface area contributed by atoms with Gasteiger partial charge in [0.2, 0.25) is 0 Å². The number of phenols is 1. The highest BCUT2D eigenvalue weighted by atomic mass is 27.3. The summed E-state index contributed by atoms with van der Waals surface area (Å²) in [6.45, 7) is 7.40. The minimum atomic E-state index is -2.60. The molecule has 0 spiro atoms. The van der Waals surface area contributed by atoms with E-state index in [0.29, 0.717) is 5.52 Å². The van der Waals surface area contributed by atoms with E-state index in [1.54, 1.807) is 24.3 Å². The van der Waals surface area contributed by atoms with Gasteiger partial charge in [-0.05, 0) is 39.8 Å². The van der Waals surface area contributed by atoms with Crippen LogP contribution in [0, 0.1) is 0 Å². The smallest absolute Gasteiger partial charge is 0.567 e. The van der Waals surface area contributed by atoms with Crippen LogP contribution in [0.3, 0.4) is 0 Å². The van der Waals surface area contributed by atoms with E-state index < -0.39 is 21.1 Å². The van der Waals surface area contributed by atoms with Crippen molar-refractivity contribution in [3.05, 3.63) is 36.0 Å². The molecule has 1 N–H and O–H groups in total. The number of aromatic hydroxyl groups is 1. The third kappa shape index (κ3) is 4.91. The molecule has 1 aromatic carbocycles. The van der Waals surface area contributed by atoms with Crippen molar-refractivity contribution in [2.75, 3.05) is 0 Å². The monoisotopic (exact) mass is 333 g/mol. The van der Waals surface area contributed by atoms with Crippen LogP contribution in [0.5, 0.6) is 5.75 Å². The third-order valence-electron chi connectivity index (χ3n) is 2.88. The second-order valence-electron chi connectivity index (χ2n) is 5.61. The molecule has 0 saturated heterocycles. The molecule has 1 heterocycles. The molecule has 0 saturated carbocycles. The molecule has 2 rings (SSSR count). The summed E-state index contributed by atoms with van der Waals surface area (Å²) >= 11 is -2.60. The van der Waals surface area contributed by atoms with Gasteiger partial charge in [-0.25, -0.2) is 9.78 Å². The lowest BCUT2D eigenvalue weighted by Crippen LogP contribution is -2.35. The van der Waals surface area contributed by atoms with Crippen molar-refractivity contribution in [3.63, 3.8) is 0 Å². The first kappa shape index (κ1) is 17.7. The molecule has 6 nitrogen and oxygen atoms in total. The normalized spacial score (nSPS) is 11.2. The number of aromatic nitrogens is 1. The van der Waals surface area contributed by atoms with Crippen LogP contribution in [0.15, 0.2) is 30.3 Å². The molecule has 122 valence electrons. The van der Waals surface area contributed by atoms with Gasteiger partial charge in [0.25, 0.3) is 0 Å². The van der Waals surface area contributed by atoms with Gasteiger partial charge in [0, 0.05) is 17.6 Å². The lowest BCUT2D eigenvalue weighted by molar-refractivity contribution is 0.0372. The number of hydrogen-bond donors (Lipinski definition) is 1. The van der Waals surface area contributed by atoms with Crippen LogP contribution in [-0.2, 0) is 11.4 Å². The van der Waals surface area contributed by atoms with Crippen molar-refractivity contribution in [3.8, 4) is 5.75 Å². The Labute approximate surface area is 140 Å². The van der Waals surface area contributed by atoms with Gasteiger partial charge >= 0.3 is 21.1 Å². The second-order valence-corrected chi connectivity index (χ2v) is 6.97. The number of pyridine rings is 1. The summed E-state index contributed by atoms with van der Waals surface area (Å²) in [5, 5.41) is 10.6. The highest BCUT2D eigenvalue weighted by Crippen LogP contribution is 2.22. The van der Waals surface area contributed by atoms with E-state index in [0.717, 1.165) is 5.39 Å². The van der Waals surface area contributed by atoms with Gasteiger partial charge in [-0.1, -0.05) is 18.2 Å². The van der Waals surface area contributed by atoms with Crippen molar-refractivity contribution >= 4 is 32.0 Å². The number of benzene rings is 1. The predicted octanol–water partition coefficient (Wildman–Crippen LogP) is 2.93. The van der Waals surface area contributed by atoms with Crippen LogP contribution in [0.25, 0.3) is 10.9 Å². The van der Waals surface area contributed by atoms with Crippen LogP contribution in [0.2, 0.25) is 0 Å². The van der Waals surface area contributed by atoms with E-state index in [1.165, 1.54) is 6.07 Å². The maximum atomic E-state index is 12.3. The minimum absolute atomic E-state index is 0.0165. The molecule has 0 amide bonds. The number of hydrogen-bond acceptors (Lipinski definition) is 6. The molecule has 0 aliphatic carbocycles. The summed E-state index contributed by atoms with van der Waals surface area (Å²) in [4.78, 5) is 16.5. The number of fused-ring (bicyclic) bond motifs is 1. The zero-order valence-corrected chi connectivity index (χ0v) is 14.8. The number of rotatable bonds is 6. The van der Waals surface area contributed by atoms with Gasteiger partial charge in [0.15, 0.2) is 0 Å². The summed E-state index contributed by atoms with van der Waals surface area (Å²) in [5.41, 5.74) is 0.464. The first-order valence-corrected chi connectivity index (χ1v) is 8.89. The van der Waals surface area contributed by atoms with Gasteiger partial charge in [-0.15, -0.1) is 0 Å². The van der Waals surface area contributed by atoms with Crippen LogP contribution < -0.4 is 0 Å². The fourth-order valence-electron chi connectivity index (χ4n) is 1.92. The number of para-hydroxylation sites is 1. The Balaban J connectivity index is 2.19. The van der Waals surface area contributed by atoms with Gasteiger partial charge in [0.05, 0.1) is 0 Å². The second kappa shape index (κ2) is 7.75. The molecular formula is C16H20AlNO5. The van der Waals surface area contributed by atoms with Gasteiger partial charge in [-0.2, -0.15) is 0 Å². The molecule has 1 aromatic heterocycles. The Morgan fingerprint density at radius 2 is 1.74 bits per heavy atom. The Morgan fingerprint density at radius 1 is 1.09 bits per heavy atom. The molecule has 0 atom stereocenters. The highest BCUT2D eigenvalue weighted by Gasteiger charge is 2.39. The minimum Gasteiger partial charge on any atom is -0.567 e. The Kier molecular flexibility index (Phi) is 5.97. The van der Waals surface area contributed by atoms with Crippen molar-refractivity contribution in [1.82, 2.24) is 4.98 Å². The van der Waals surface area contributed by atoms with Gasteiger partial charge < -0.3 is 16.5 Å². The van der Waals surface area contributed by atoms with Crippen LogP contribution >= 0.6 is 0 Å². The largest absolute Gasteiger partial charge is 1.00 e. The van der Waals surface area contributed by atoms with Crippen molar-refractivity contribution < 1.29 is 21.3 Å². The molecular weight excluding hydrogens is 313 g/mol. The Bertz CT molecular complexity index is 679.